The second kappa shape index (κ2) is 11.3. The summed E-state index contributed by atoms with van der Waals surface area (Å²) in [5.41, 5.74) is 2.62. The van der Waals surface area contributed by atoms with Gasteiger partial charge < -0.3 is 24.4 Å². The predicted molar refractivity (Wildman–Crippen MR) is 122 cm³/mol. The number of hydrogen-bond acceptors (Lipinski definition) is 6. The number of benzene rings is 3. The van der Waals surface area contributed by atoms with Crippen molar-refractivity contribution in [1.82, 2.24) is 0 Å². The zero-order valence-electron chi connectivity index (χ0n) is 18.2. The zero-order chi connectivity index (χ0) is 23.0. The van der Waals surface area contributed by atoms with E-state index < -0.39 is 36.3 Å². The van der Waals surface area contributed by atoms with Crippen LogP contribution in [0.2, 0.25) is 0 Å². The standard InChI is InChI=1S/C27H28O6/c28-22-25(31-16-19-10-4-1-5-11-19)23(29)27(33-18-21-14-8-3-9-15-21)24(30)26(22)32-17-20-12-6-2-7-13-20/h1-15,22-23,25-29H,16-18H2/t22-,23+,25?,26+,27-. The van der Waals surface area contributed by atoms with Crippen LogP contribution in [0.25, 0.3) is 0 Å². The third-order valence-corrected chi connectivity index (χ3v) is 5.68. The van der Waals surface area contributed by atoms with Crippen molar-refractivity contribution in [2.24, 2.45) is 0 Å². The molecule has 6 heteroatoms. The van der Waals surface area contributed by atoms with Crippen LogP contribution < -0.4 is 0 Å². The Hall–Kier alpha value is -2.87. The summed E-state index contributed by atoms with van der Waals surface area (Å²) in [6.07, 6.45) is -6.09. The topological polar surface area (TPSA) is 85.2 Å². The maximum absolute atomic E-state index is 13.2. The number of ether oxygens (including phenoxy) is 3. The number of carbonyl (C=O) groups excluding carboxylic acids is 1. The van der Waals surface area contributed by atoms with Gasteiger partial charge in [0.1, 0.15) is 30.5 Å². The summed E-state index contributed by atoms with van der Waals surface area (Å²) in [4.78, 5) is 13.2. The summed E-state index contributed by atoms with van der Waals surface area (Å²) in [5, 5.41) is 21.9. The van der Waals surface area contributed by atoms with Crippen LogP contribution in [-0.4, -0.2) is 46.5 Å². The van der Waals surface area contributed by atoms with Crippen LogP contribution in [0.3, 0.4) is 0 Å². The highest BCUT2D eigenvalue weighted by atomic mass is 16.6. The molecule has 0 bridgehead atoms. The van der Waals surface area contributed by atoms with Crippen molar-refractivity contribution in [3.63, 3.8) is 0 Å². The smallest absolute Gasteiger partial charge is 0.195 e. The second-order valence-corrected chi connectivity index (χ2v) is 8.08. The molecule has 6 nitrogen and oxygen atoms in total. The molecule has 2 N–H and O–H groups in total. The summed E-state index contributed by atoms with van der Waals surface area (Å²) in [5.74, 6) is -0.499. The molecule has 0 aromatic heterocycles. The first kappa shape index (κ1) is 23.3. The lowest BCUT2D eigenvalue weighted by Crippen LogP contribution is -2.63. The minimum absolute atomic E-state index is 0.140. The molecule has 1 aliphatic carbocycles. The normalized spacial score (nSPS) is 25.2. The molecular weight excluding hydrogens is 420 g/mol. The molecule has 3 aromatic carbocycles. The van der Waals surface area contributed by atoms with E-state index in [1.807, 2.05) is 91.0 Å². The molecular formula is C27H28O6. The third-order valence-electron chi connectivity index (χ3n) is 5.68. The van der Waals surface area contributed by atoms with Gasteiger partial charge in [-0.3, -0.25) is 4.79 Å². The average Bonchev–Trinajstić information content (AvgIpc) is 2.86. The van der Waals surface area contributed by atoms with Gasteiger partial charge in [0.2, 0.25) is 0 Å². The molecule has 4 rings (SSSR count). The van der Waals surface area contributed by atoms with Crippen LogP contribution in [0.4, 0.5) is 0 Å². The van der Waals surface area contributed by atoms with Crippen molar-refractivity contribution in [1.29, 1.82) is 0 Å². The first-order valence-electron chi connectivity index (χ1n) is 11.0. The van der Waals surface area contributed by atoms with E-state index in [9.17, 15) is 15.0 Å². The Balaban J connectivity index is 1.50. The van der Waals surface area contributed by atoms with Crippen molar-refractivity contribution in [2.45, 2.75) is 50.3 Å². The third kappa shape index (κ3) is 5.93. The highest BCUT2D eigenvalue weighted by Gasteiger charge is 2.51. The molecule has 0 amide bonds. The predicted octanol–water partition coefficient (Wildman–Crippen LogP) is 3.05. The van der Waals surface area contributed by atoms with Crippen LogP contribution in [0.1, 0.15) is 16.7 Å². The van der Waals surface area contributed by atoms with Crippen molar-refractivity contribution < 1.29 is 29.2 Å². The Morgan fingerprint density at radius 3 is 1.24 bits per heavy atom. The molecule has 0 radical (unpaired) electrons. The number of ketones is 1. The van der Waals surface area contributed by atoms with E-state index in [0.717, 1.165) is 16.7 Å². The summed E-state index contributed by atoms with van der Waals surface area (Å²) >= 11 is 0. The first-order chi connectivity index (χ1) is 16.1. The van der Waals surface area contributed by atoms with Crippen LogP contribution in [0.15, 0.2) is 91.0 Å². The second-order valence-electron chi connectivity index (χ2n) is 8.08. The van der Waals surface area contributed by atoms with Gasteiger partial charge in [0.25, 0.3) is 0 Å². The number of aliphatic hydroxyl groups is 2. The van der Waals surface area contributed by atoms with E-state index in [-0.39, 0.29) is 19.8 Å². The lowest BCUT2D eigenvalue weighted by Gasteiger charge is -2.41. The van der Waals surface area contributed by atoms with Crippen LogP contribution >= 0.6 is 0 Å². The van der Waals surface area contributed by atoms with Crippen molar-refractivity contribution >= 4 is 5.78 Å². The monoisotopic (exact) mass is 448 g/mol. The molecule has 33 heavy (non-hydrogen) atoms. The van der Waals surface area contributed by atoms with Crippen molar-refractivity contribution in [2.75, 3.05) is 0 Å². The van der Waals surface area contributed by atoms with Crippen LogP contribution in [-0.2, 0) is 38.8 Å². The minimum atomic E-state index is -1.34. The molecule has 172 valence electrons. The Kier molecular flexibility index (Phi) is 7.99. The van der Waals surface area contributed by atoms with Crippen molar-refractivity contribution in [3.05, 3.63) is 108 Å². The highest BCUT2D eigenvalue weighted by molar-refractivity contribution is 5.90. The fraction of sp³-hybridized carbons (Fsp3) is 0.296. The summed E-state index contributed by atoms with van der Waals surface area (Å²) in [7, 11) is 0. The molecule has 1 fully saturated rings. The van der Waals surface area contributed by atoms with Crippen molar-refractivity contribution in [3.8, 4) is 0 Å². The molecule has 0 heterocycles. The fourth-order valence-electron chi connectivity index (χ4n) is 3.89. The van der Waals surface area contributed by atoms with E-state index in [1.165, 1.54) is 0 Å². The highest BCUT2D eigenvalue weighted by Crippen LogP contribution is 2.27. The zero-order valence-corrected chi connectivity index (χ0v) is 18.2. The van der Waals surface area contributed by atoms with Gasteiger partial charge >= 0.3 is 0 Å². The lowest BCUT2D eigenvalue weighted by atomic mass is 9.85. The quantitative estimate of drug-likeness (QED) is 0.524. The van der Waals surface area contributed by atoms with E-state index in [4.69, 9.17) is 14.2 Å². The van der Waals surface area contributed by atoms with Crippen LogP contribution in [0, 0.1) is 0 Å². The molecule has 0 spiro atoms. The average molecular weight is 449 g/mol. The van der Waals surface area contributed by atoms with E-state index in [2.05, 4.69) is 0 Å². The number of hydrogen-bond donors (Lipinski definition) is 2. The first-order valence-corrected chi connectivity index (χ1v) is 11.0. The number of aliphatic hydroxyl groups excluding tert-OH is 2. The maximum Gasteiger partial charge on any atom is 0.195 e. The Morgan fingerprint density at radius 2 is 0.879 bits per heavy atom. The van der Waals surface area contributed by atoms with Crippen LogP contribution in [0.5, 0.6) is 0 Å². The SMILES string of the molecule is O=C1[C@@H](OCc2ccccc2)[C@H](O)C(OCc2ccccc2)[C@H](O)[C@H]1OCc1ccccc1. The summed E-state index contributed by atoms with van der Waals surface area (Å²) < 4.78 is 17.6. The van der Waals surface area contributed by atoms with E-state index in [1.54, 1.807) is 0 Å². The van der Waals surface area contributed by atoms with Gasteiger partial charge in [-0.05, 0) is 16.7 Å². The van der Waals surface area contributed by atoms with E-state index in [0.29, 0.717) is 0 Å². The van der Waals surface area contributed by atoms with Gasteiger partial charge in [-0.25, -0.2) is 0 Å². The van der Waals surface area contributed by atoms with E-state index >= 15 is 0 Å². The minimum Gasteiger partial charge on any atom is -0.387 e. The molecule has 1 saturated carbocycles. The van der Waals surface area contributed by atoms with Gasteiger partial charge in [-0.1, -0.05) is 91.0 Å². The Labute approximate surface area is 193 Å². The molecule has 0 aliphatic heterocycles. The fourth-order valence-corrected chi connectivity index (χ4v) is 3.89. The number of carbonyl (C=O) groups is 1. The molecule has 1 aliphatic rings. The van der Waals surface area contributed by atoms with Gasteiger partial charge in [0.05, 0.1) is 19.8 Å². The Morgan fingerprint density at radius 1 is 0.545 bits per heavy atom. The number of Topliss-reactive ketones (excluding diaryl/α,β-unsaturated/α-hetero) is 1. The number of rotatable bonds is 9. The largest absolute Gasteiger partial charge is 0.387 e. The lowest BCUT2D eigenvalue weighted by molar-refractivity contribution is -0.215. The summed E-state index contributed by atoms with van der Waals surface area (Å²) in [6, 6.07) is 28.2. The van der Waals surface area contributed by atoms with Gasteiger partial charge in [0, 0.05) is 0 Å². The molecule has 0 saturated heterocycles. The Bertz CT molecular complexity index is 935. The molecule has 5 atom stereocenters. The summed E-state index contributed by atoms with van der Waals surface area (Å²) in [6.45, 7) is 0.451. The molecule has 3 aromatic rings. The van der Waals surface area contributed by atoms with Gasteiger partial charge in [-0.2, -0.15) is 0 Å². The van der Waals surface area contributed by atoms with Gasteiger partial charge in [-0.15, -0.1) is 0 Å². The van der Waals surface area contributed by atoms with Gasteiger partial charge in [0.15, 0.2) is 5.78 Å². The molecule has 1 unspecified atom stereocenters. The maximum atomic E-state index is 13.2.